The molecule has 0 aromatic heterocycles. The topological polar surface area (TPSA) is 78.9 Å². The number of likely N-dealkylation sites (N-methyl/N-ethyl adjacent to an activating group) is 1. The van der Waals surface area contributed by atoms with Gasteiger partial charge in [0, 0.05) is 12.6 Å². The minimum atomic E-state index is -0.961. The molecule has 0 atom stereocenters. The number of amides is 1. The zero-order valence-corrected chi connectivity index (χ0v) is 12.6. The van der Waals surface area contributed by atoms with Crippen LogP contribution in [0.25, 0.3) is 0 Å². The lowest BCUT2D eigenvalue weighted by Crippen LogP contribution is -2.39. The van der Waals surface area contributed by atoms with Gasteiger partial charge in [0.1, 0.15) is 12.4 Å². The Hall–Kier alpha value is -2.08. The fourth-order valence-corrected chi connectivity index (χ4v) is 1.70. The van der Waals surface area contributed by atoms with E-state index in [-0.39, 0.29) is 17.5 Å². The molecule has 0 bridgehead atoms. The number of ether oxygens (including phenoxy) is 1. The lowest BCUT2D eigenvalue weighted by Gasteiger charge is -2.17. The summed E-state index contributed by atoms with van der Waals surface area (Å²) in [6, 6.07) is 6.37. The summed E-state index contributed by atoms with van der Waals surface area (Å²) in [5.41, 5.74) is 0.227. The van der Waals surface area contributed by atoms with E-state index < -0.39 is 5.97 Å². The highest BCUT2D eigenvalue weighted by Crippen LogP contribution is 2.11. The highest BCUT2D eigenvalue weighted by Gasteiger charge is 2.07. The van der Waals surface area contributed by atoms with E-state index >= 15 is 0 Å². The minimum Gasteiger partial charge on any atom is -0.492 e. The molecule has 1 rings (SSSR count). The number of benzene rings is 1. The van der Waals surface area contributed by atoms with Gasteiger partial charge in [-0.2, -0.15) is 0 Å². The maximum atomic E-state index is 11.5. The van der Waals surface area contributed by atoms with Crippen molar-refractivity contribution in [1.29, 1.82) is 0 Å². The molecular formula is C15H22N2O4. The highest BCUT2D eigenvalue weighted by atomic mass is 16.5. The average Bonchev–Trinajstić information content (AvgIpc) is 2.38. The molecule has 0 radical (unpaired) electrons. The van der Waals surface area contributed by atoms with Gasteiger partial charge in [-0.15, -0.1) is 0 Å². The van der Waals surface area contributed by atoms with Crippen LogP contribution in [-0.2, 0) is 4.79 Å². The van der Waals surface area contributed by atoms with Crippen LogP contribution in [0.4, 0.5) is 0 Å². The van der Waals surface area contributed by atoms with Crippen molar-refractivity contribution in [3.05, 3.63) is 29.8 Å². The fraction of sp³-hybridized carbons (Fsp3) is 0.467. The smallest absolute Gasteiger partial charge is 0.335 e. The Labute approximate surface area is 124 Å². The number of rotatable bonds is 8. The Kier molecular flexibility index (Phi) is 6.68. The van der Waals surface area contributed by atoms with Crippen molar-refractivity contribution in [3.63, 3.8) is 0 Å². The third-order valence-corrected chi connectivity index (χ3v) is 2.71. The van der Waals surface area contributed by atoms with Gasteiger partial charge in [-0.05, 0) is 45.2 Å². The first-order valence-electron chi connectivity index (χ1n) is 6.82. The third kappa shape index (κ3) is 6.76. The van der Waals surface area contributed by atoms with Crippen LogP contribution in [0.3, 0.4) is 0 Å². The lowest BCUT2D eigenvalue weighted by atomic mass is 10.2. The van der Waals surface area contributed by atoms with Crippen molar-refractivity contribution in [2.24, 2.45) is 0 Å². The van der Waals surface area contributed by atoms with Crippen molar-refractivity contribution in [2.75, 3.05) is 26.7 Å². The molecule has 1 aromatic carbocycles. The first kappa shape index (κ1) is 17.0. The largest absolute Gasteiger partial charge is 0.492 e. The second-order valence-corrected chi connectivity index (χ2v) is 5.14. The van der Waals surface area contributed by atoms with Crippen LogP contribution in [0.5, 0.6) is 5.75 Å². The highest BCUT2D eigenvalue weighted by molar-refractivity contribution is 5.87. The van der Waals surface area contributed by atoms with Gasteiger partial charge in [-0.1, -0.05) is 0 Å². The van der Waals surface area contributed by atoms with Gasteiger partial charge in [0.05, 0.1) is 12.1 Å². The van der Waals surface area contributed by atoms with Gasteiger partial charge < -0.3 is 15.2 Å². The number of aromatic carboxylic acids is 1. The van der Waals surface area contributed by atoms with Gasteiger partial charge in [0.15, 0.2) is 0 Å². The van der Waals surface area contributed by atoms with Gasteiger partial charge in [-0.25, -0.2) is 4.79 Å². The number of carbonyl (C=O) groups excluding carboxylic acids is 1. The summed E-state index contributed by atoms with van der Waals surface area (Å²) in [5.74, 6) is -0.365. The SMILES string of the molecule is CC(C)NC(=O)CN(C)CCOc1ccc(C(=O)O)cc1. The molecule has 0 spiro atoms. The van der Waals surface area contributed by atoms with E-state index in [0.717, 1.165) is 0 Å². The van der Waals surface area contributed by atoms with Crippen LogP contribution in [0.2, 0.25) is 0 Å². The number of carbonyl (C=O) groups is 2. The molecule has 2 N–H and O–H groups in total. The predicted molar refractivity (Wildman–Crippen MR) is 79.7 cm³/mol. The van der Waals surface area contributed by atoms with Crippen LogP contribution < -0.4 is 10.1 Å². The lowest BCUT2D eigenvalue weighted by molar-refractivity contribution is -0.122. The van der Waals surface area contributed by atoms with Gasteiger partial charge in [0.25, 0.3) is 0 Å². The Bertz CT molecular complexity index is 471. The monoisotopic (exact) mass is 294 g/mol. The molecule has 6 nitrogen and oxygen atoms in total. The number of hydrogen-bond donors (Lipinski definition) is 2. The van der Waals surface area contributed by atoms with Crippen LogP contribution >= 0.6 is 0 Å². The second-order valence-electron chi connectivity index (χ2n) is 5.14. The summed E-state index contributed by atoms with van der Waals surface area (Å²) in [6.45, 7) is 5.19. The molecule has 0 aliphatic rings. The van der Waals surface area contributed by atoms with Crippen LogP contribution in [-0.4, -0.2) is 54.7 Å². The Morgan fingerprint density at radius 1 is 1.29 bits per heavy atom. The number of nitrogens with zero attached hydrogens (tertiary/aromatic N) is 1. The summed E-state index contributed by atoms with van der Waals surface area (Å²) in [6.07, 6.45) is 0. The van der Waals surface area contributed by atoms with Gasteiger partial charge in [0.2, 0.25) is 5.91 Å². The number of carboxylic acid groups (broad SMARTS) is 1. The molecule has 0 heterocycles. The molecule has 0 fully saturated rings. The first-order valence-corrected chi connectivity index (χ1v) is 6.82. The summed E-state index contributed by atoms with van der Waals surface area (Å²) in [7, 11) is 1.84. The molecule has 0 aliphatic heterocycles. The van der Waals surface area contributed by atoms with Crippen LogP contribution in [0.15, 0.2) is 24.3 Å². The maximum absolute atomic E-state index is 11.5. The third-order valence-electron chi connectivity index (χ3n) is 2.71. The molecule has 0 saturated carbocycles. The summed E-state index contributed by atoms with van der Waals surface area (Å²) < 4.78 is 5.51. The molecule has 0 saturated heterocycles. The van der Waals surface area contributed by atoms with Gasteiger partial charge in [-0.3, -0.25) is 9.69 Å². The van der Waals surface area contributed by atoms with Crippen molar-refractivity contribution < 1.29 is 19.4 Å². The van der Waals surface area contributed by atoms with Crippen molar-refractivity contribution in [1.82, 2.24) is 10.2 Å². The standard InChI is InChI=1S/C15H22N2O4/c1-11(2)16-14(18)10-17(3)8-9-21-13-6-4-12(5-7-13)15(19)20/h4-7,11H,8-10H2,1-3H3,(H,16,18)(H,19,20). The summed E-state index contributed by atoms with van der Waals surface area (Å²) in [5, 5.41) is 11.6. The van der Waals surface area contributed by atoms with E-state index in [2.05, 4.69) is 5.32 Å². The molecule has 116 valence electrons. The molecule has 1 amide bonds. The van der Waals surface area contributed by atoms with E-state index in [1.54, 1.807) is 12.1 Å². The van der Waals surface area contributed by atoms with E-state index in [9.17, 15) is 9.59 Å². The summed E-state index contributed by atoms with van der Waals surface area (Å²) >= 11 is 0. The van der Waals surface area contributed by atoms with Crippen molar-refractivity contribution in [2.45, 2.75) is 19.9 Å². The molecule has 6 heteroatoms. The molecular weight excluding hydrogens is 272 g/mol. The van der Waals surface area contributed by atoms with Crippen LogP contribution in [0, 0.1) is 0 Å². The normalized spacial score (nSPS) is 10.7. The first-order chi connectivity index (χ1) is 9.88. The van der Waals surface area contributed by atoms with E-state index in [1.807, 2.05) is 25.8 Å². The quantitative estimate of drug-likeness (QED) is 0.753. The second kappa shape index (κ2) is 8.26. The average molecular weight is 294 g/mol. The molecule has 0 aliphatic carbocycles. The zero-order valence-electron chi connectivity index (χ0n) is 12.6. The fourth-order valence-electron chi connectivity index (χ4n) is 1.70. The van der Waals surface area contributed by atoms with Gasteiger partial charge >= 0.3 is 5.97 Å². The predicted octanol–water partition coefficient (Wildman–Crippen LogP) is 1.22. The molecule has 21 heavy (non-hydrogen) atoms. The maximum Gasteiger partial charge on any atom is 0.335 e. The van der Waals surface area contributed by atoms with Crippen molar-refractivity contribution >= 4 is 11.9 Å². The van der Waals surface area contributed by atoms with Crippen LogP contribution in [0.1, 0.15) is 24.2 Å². The van der Waals surface area contributed by atoms with E-state index in [1.165, 1.54) is 12.1 Å². The minimum absolute atomic E-state index is 0.0155. The number of carboxylic acids is 1. The van der Waals surface area contributed by atoms with Crippen molar-refractivity contribution in [3.8, 4) is 5.75 Å². The number of nitrogens with one attached hydrogen (secondary N) is 1. The zero-order chi connectivity index (χ0) is 15.8. The molecule has 0 unspecified atom stereocenters. The van der Waals surface area contributed by atoms with E-state index in [0.29, 0.717) is 25.4 Å². The Morgan fingerprint density at radius 2 is 1.90 bits per heavy atom. The molecule has 1 aromatic rings. The van der Waals surface area contributed by atoms with E-state index in [4.69, 9.17) is 9.84 Å². The Morgan fingerprint density at radius 3 is 2.43 bits per heavy atom. The number of hydrogen-bond acceptors (Lipinski definition) is 4. The Balaban J connectivity index is 2.29. The summed E-state index contributed by atoms with van der Waals surface area (Å²) in [4.78, 5) is 24.1.